The molecule has 0 heterocycles. The molecule has 2 unspecified atom stereocenters. The molecule has 1 aromatic rings. The number of carboxylic acid groups (broad SMARTS) is 1. The predicted molar refractivity (Wildman–Crippen MR) is 78.5 cm³/mol. The highest BCUT2D eigenvalue weighted by atomic mass is 16.5. The Hall–Kier alpha value is -2.08. The lowest BCUT2D eigenvalue weighted by Gasteiger charge is -2.25. The Bertz CT molecular complexity index is 544. The van der Waals surface area contributed by atoms with Gasteiger partial charge in [-0.15, -0.1) is 0 Å². The van der Waals surface area contributed by atoms with E-state index < -0.39 is 5.97 Å². The minimum Gasteiger partial charge on any atom is -0.497 e. The summed E-state index contributed by atoms with van der Waals surface area (Å²) in [5.41, 5.74) is 6.19. The molecule has 1 saturated carbocycles. The van der Waals surface area contributed by atoms with Gasteiger partial charge in [0.25, 0.3) is 0 Å². The van der Waals surface area contributed by atoms with Gasteiger partial charge < -0.3 is 20.9 Å². The van der Waals surface area contributed by atoms with Crippen molar-refractivity contribution in [3.05, 3.63) is 23.8 Å². The molecule has 1 aliphatic carbocycles. The minimum absolute atomic E-state index is 0.0405. The molecule has 1 aromatic carbocycles. The van der Waals surface area contributed by atoms with Crippen LogP contribution in [0.1, 0.15) is 36.0 Å². The van der Waals surface area contributed by atoms with Gasteiger partial charge in [0.15, 0.2) is 0 Å². The topological polar surface area (TPSA) is 102 Å². The van der Waals surface area contributed by atoms with Crippen molar-refractivity contribution in [3.63, 3.8) is 0 Å². The summed E-state index contributed by atoms with van der Waals surface area (Å²) in [6, 6.07) is 4.53. The van der Waals surface area contributed by atoms with E-state index in [1.807, 2.05) is 0 Å². The summed E-state index contributed by atoms with van der Waals surface area (Å²) >= 11 is 0. The lowest BCUT2D eigenvalue weighted by molar-refractivity contribution is -0.120. The van der Waals surface area contributed by atoms with E-state index in [1.165, 1.54) is 19.2 Å². The van der Waals surface area contributed by atoms with E-state index in [0.717, 1.165) is 19.3 Å². The number of carboxylic acids is 1. The summed E-state index contributed by atoms with van der Waals surface area (Å²) in [4.78, 5) is 23.5. The Morgan fingerprint density at radius 1 is 1.38 bits per heavy atom. The predicted octanol–water partition coefficient (Wildman–Crippen LogP) is 1.85. The first-order valence-electron chi connectivity index (χ1n) is 6.99. The Balaban J connectivity index is 2.17. The van der Waals surface area contributed by atoms with Crippen LogP contribution < -0.4 is 15.8 Å². The zero-order valence-electron chi connectivity index (χ0n) is 12.0. The highest BCUT2D eigenvalue weighted by Crippen LogP contribution is 2.27. The lowest BCUT2D eigenvalue weighted by atomic mass is 9.85. The number of nitrogens with one attached hydrogen (secondary N) is 1. The SMILES string of the molecule is COc1ccc(C(=O)O)c(NC(=O)C2CCCC(N)C2)c1. The van der Waals surface area contributed by atoms with E-state index in [4.69, 9.17) is 10.5 Å². The van der Waals surface area contributed by atoms with Crippen molar-refractivity contribution >= 4 is 17.6 Å². The number of anilines is 1. The standard InChI is InChI=1S/C15H20N2O4/c1-21-11-5-6-12(15(19)20)13(8-11)17-14(18)9-3-2-4-10(16)7-9/h5-6,8-10H,2-4,7,16H2,1H3,(H,17,18)(H,19,20). The second kappa shape index (κ2) is 6.58. The molecule has 1 aliphatic rings. The average molecular weight is 292 g/mol. The highest BCUT2D eigenvalue weighted by Gasteiger charge is 2.26. The molecule has 1 amide bonds. The number of rotatable bonds is 4. The van der Waals surface area contributed by atoms with Crippen LogP contribution >= 0.6 is 0 Å². The third kappa shape index (κ3) is 3.72. The number of carbonyl (C=O) groups excluding carboxylic acids is 1. The molecule has 6 nitrogen and oxygen atoms in total. The van der Waals surface area contributed by atoms with E-state index in [-0.39, 0.29) is 29.1 Å². The van der Waals surface area contributed by atoms with Crippen LogP contribution in [0, 0.1) is 5.92 Å². The molecule has 0 bridgehead atoms. The van der Waals surface area contributed by atoms with Crippen LogP contribution in [0.3, 0.4) is 0 Å². The van der Waals surface area contributed by atoms with Gasteiger partial charge in [-0.2, -0.15) is 0 Å². The normalized spacial score (nSPS) is 21.6. The van der Waals surface area contributed by atoms with E-state index in [2.05, 4.69) is 5.32 Å². The molecular formula is C15H20N2O4. The van der Waals surface area contributed by atoms with Crippen LogP contribution in [0.2, 0.25) is 0 Å². The summed E-state index contributed by atoms with van der Waals surface area (Å²) in [6.45, 7) is 0. The van der Waals surface area contributed by atoms with Crippen molar-refractivity contribution in [3.8, 4) is 5.75 Å². The first-order valence-corrected chi connectivity index (χ1v) is 6.99. The third-order valence-electron chi connectivity index (χ3n) is 3.80. The van der Waals surface area contributed by atoms with Gasteiger partial charge >= 0.3 is 5.97 Å². The maximum Gasteiger partial charge on any atom is 0.337 e. The fraction of sp³-hybridized carbons (Fsp3) is 0.467. The van der Waals surface area contributed by atoms with E-state index in [0.29, 0.717) is 12.2 Å². The smallest absolute Gasteiger partial charge is 0.337 e. The van der Waals surface area contributed by atoms with Crippen molar-refractivity contribution in [1.82, 2.24) is 0 Å². The number of hydrogen-bond acceptors (Lipinski definition) is 4. The molecule has 0 saturated heterocycles. The lowest BCUT2D eigenvalue weighted by Crippen LogP contribution is -2.34. The number of aromatic carboxylic acids is 1. The van der Waals surface area contributed by atoms with Crippen LogP contribution in [0.15, 0.2) is 18.2 Å². The molecule has 0 aliphatic heterocycles. The largest absolute Gasteiger partial charge is 0.497 e. The molecule has 0 radical (unpaired) electrons. The first kappa shape index (κ1) is 15.3. The van der Waals surface area contributed by atoms with E-state index >= 15 is 0 Å². The second-order valence-corrected chi connectivity index (χ2v) is 5.33. The number of methoxy groups -OCH3 is 1. The molecular weight excluding hydrogens is 272 g/mol. The summed E-state index contributed by atoms with van der Waals surface area (Å²) in [5.74, 6) is -0.938. The van der Waals surface area contributed by atoms with Crippen LogP contribution in [0.25, 0.3) is 0 Å². The average Bonchev–Trinajstić information content (AvgIpc) is 2.46. The molecule has 21 heavy (non-hydrogen) atoms. The van der Waals surface area contributed by atoms with Gasteiger partial charge in [0.2, 0.25) is 5.91 Å². The number of benzene rings is 1. The van der Waals surface area contributed by atoms with E-state index in [9.17, 15) is 14.7 Å². The molecule has 0 aromatic heterocycles. The van der Waals surface area contributed by atoms with Gasteiger partial charge in [0, 0.05) is 18.0 Å². The number of nitrogens with two attached hydrogens (primary N) is 1. The quantitative estimate of drug-likeness (QED) is 0.786. The third-order valence-corrected chi connectivity index (χ3v) is 3.80. The summed E-state index contributed by atoms with van der Waals surface area (Å²) in [6.07, 6.45) is 3.27. The maximum absolute atomic E-state index is 12.3. The molecule has 4 N–H and O–H groups in total. The van der Waals surface area contributed by atoms with Gasteiger partial charge in [0.05, 0.1) is 18.4 Å². The van der Waals surface area contributed by atoms with Gasteiger partial charge in [-0.05, 0) is 31.4 Å². The number of carbonyl (C=O) groups is 2. The Morgan fingerprint density at radius 3 is 2.76 bits per heavy atom. The summed E-state index contributed by atoms with van der Waals surface area (Å²) in [7, 11) is 1.49. The van der Waals surface area contributed by atoms with Gasteiger partial charge in [-0.3, -0.25) is 4.79 Å². The summed E-state index contributed by atoms with van der Waals surface area (Å²) < 4.78 is 5.07. The fourth-order valence-corrected chi connectivity index (χ4v) is 2.64. The Morgan fingerprint density at radius 2 is 2.14 bits per heavy atom. The molecule has 6 heteroatoms. The Labute approximate surface area is 123 Å². The van der Waals surface area contributed by atoms with Crippen molar-refractivity contribution in [2.75, 3.05) is 12.4 Å². The van der Waals surface area contributed by atoms with Crippen LogP contribution in [0.4, 0.5) is 5.69 Å². The van der Waals surface area contributed by atoms with Gasteiger partial charge in [-0.25, -0.2) is 4.79 Å². The van der Waals surface area contributed by atoms with Crippen LogP contribution in [-0.4, -0.2) is 30.1 Å². The molecule has 1 fully saturated rings. The highest BCUT2D eigenvalue weighted by molar-refractivity contribution is 6.01. The Kier molecular flexibility index (Phi) is 4.80. The van der Waals surface area contributed by atoms with Crippen molar-refractivity contribution in [1.29, 1.82) is 0 Å². The summed E-state index contributed by atoms with van der Waals surface area (Å²) in [5, 5.41) is 11.9. The number of ether oxygens (including phenoxy) is 1. The van der Waals surface area contributed by atoms with Crippen molar-refractivity contribution in [2.24, 2.45) is 11.7 Å². The zero-order chi connectivity index (χ0) is 15.4. The zero-order valence-corrected chi connectivity index (χ0v) is 12.0. The van der Waals surface area contributed by atoms with Gasteiger partial charge in [0.1, 0.15) is 5.75 Å². The van der Waals surface area contributed by atoms with Gasteiger partial charge in [-0.1, -0.05) is 6.42 Å². The van der Waals surface area contributed by atoms with Crippen LogP contribution in [0.5, 0.6) is 5.75 Å². The molecule has 2 rings (SSSR count). The maximum atomic E-state index is 12.3. The van der Waals surface area contributed by atoms with Crippen molar-refractivity contribution < 1.29 is 19.4 Å². The van der Waals surface area contributed by atoms with E-state index in [1.54, 1.807) is 6.07 Å². The second-order valence-electron chi connectivity index (χ2n) is 5.33. The van der Waals surface area contributed by atoms with Crippen molar-refractivity contribution in [2.45, 2.75) is 31.7 Å². The monoisotopic (exact) mass is 292 g/mol. The molecule has 2 atom stereocenters. The fourth-order valence-electron chi connectivity index (χ4n) is 2.64. The van der Waals surface area contributed by atoms with Crippen LogP contribution in [-0.2, 0) is 4.79 Å². The minimum atomic E-state index is -1.09. The number of hydrogen-bond donors (Lipinski definition) is 3. The number of amides is 1. The molecule has 0 spiro atoms. The molecule has 114 valence electrons. The first-order chi connectivity index (χ1) is 10.0.